The van der Waals surface area contributed by atoms with Gasteiger partial charge < -0.3 is 14.8 Å². The van der Waals surface area contributed by atoms with Gasteiger partial charge in [-0.05, 0) is 57.6 Å². The van der Waals surface area contributed by atoms with Gasteiger partial charge in [-0.25, -0.2) is 0 Å². The molecule has 2 rings (SSSR count). The van der Waals surface area contributed by atoms with E-state index >= 15 is 0 Å². The Hall–Kier alpha value is -2.53. The van der Waals surface area contributed by atoms with E-state index < -0.39 is 0 Å². The van der Waals surface area contributed by atoms with Crippen LogP contribution in [0.15, 0.2) is 48.5 Å². The van der Waals surface area contributed by atoms with Gasteiger partial charge in [0, 0.05) is 0 Å². The molecule has 0 aliphatic rings. The molecular formula is C23H32N2O3. The fraction of sp³-hybridized carbons (Fsp3) is 0.435. The van der Waals surface area contributed by atoms with E-state index in [0.717, 1.165) is 17.7 Å². The quantitative estimate of drug-likeness (QED) is 0.698. The Bertz CT molecular complexity index is 762. The fourth-order valence-corrected chi connectivity index (χ4v) is 3.10. The lowest BCUT2D eigenvalue weighted by atomic mass is 10.0. The van der Waals surface area contributed by atoms with Crippen molar-refractivity contribution < 1.29 is 14.3 Å². The smallest absolute Gasteiger partial charge is 0.242 e. The van der Waals surface area contributed by atoms with Gasteiger partial charge in [0.2, 0.25) is 5.91 Å². The third-order valence-electron chi connectivity index (χ3n) is 4.71. The first-order valence-electron chi connectivity index (χ1n) is 9.77. The second-order valence-electron chi connectivity index (χ2n) is 7.19. The highest BCUT2D eigenvalue weighted by molar-refractivity contribution is 5.83. The summed E-state index contributed by atoms with van der Waals surface area (Å²) in [6.07, 6.45) is 0.0630. The monoisotopic (exact) mass is 384 g/mol. The van der Waals surface area contributed by atoms with Gasteiger partial charge in [0.05, 0.1) is 19.3 Å². The lowest BCUT2D eigenvalue weighted by Gasteiger charge is -2.28. The van der Waals surface area contributed by atoms with Crippen molar-refractivity contribution in [2.75, 3.05) is 20.7 Å². The number of likely N-dealkylation sites (N-methyl/N-ethyl adjacent to an activating group) is 1. The average molecular weight is 385 g/mol. The first-order valence-corrected chi connectivity index (χ1v) is 9.77. The predicted octanol–water partition coefficient (Wildman–Crippen LogP) is 4.35. The molecular weight excluding hydrogens is 352 g/mol. The van der Waals surface area contributed by atoms with E-state index in [1.165, 1.54) is 0 Å². The standard InChI is InChI=1S/C23H32N2O3/c1-7-25(5)22(18-11-9-8-10-12-18)23(26)24-17(4)19-13-14-20(28-16(2)3)21(15-19)27-6/h8-17,22H,7H2,1-6H3,(H,24,26). The number of carbonyl (C=O) groups is 1. The molecule has 0 saturated carbocycles. The number of methoxy groups -OCH3 is 1. The molecule has 0 aliphatic carbocycles. The van der Waals surface area contributed by atoms with E-state index in [2.05, 4.69) is 5.32 Å². The minimum absolute atomic E-state index is 0.0236. The summed E-state index contributed by atoms with van der Waals surface area (Å²) in [5.74, 6) is 1.34. The molecule has 1 amide bonds. The molecule has 2 aromatic carbocycles. The SMILES string of the molecule is CCN(C)C(C(=O)NC(C)c1ccc(OC(C)C)c(OC)c1)c1ccccc1. The Kier molecular flexibility index (Phi) is 7.88. The average Bonchev–Trinajstić information content (AvgIpc) is 2.68. The highest BCUT2D eigenvalue weighted by Gasteiger charge is 2.25. The van der Waals surface area contributed by atoms with Crippen molar-refractivity contribution in [2.45, 2.75) is 45.9 Å². The number of hydrogen-bond acceptors (Lipinski definition) is 4. The Labute approximate surface area is 168 Å². The van der Waals surface area contributed by atoms with Crippen LogP contribution < -0.4 is 14.8 Å². The van der Waals surface area contributed by atoms with Crippen molar-refractivity contribution in [3.05, 3.63) is 59.7 Å². The van der Waals surface area contributed by atoms with E-state index in [0.29, 0.717) is 11.5 Å². The summed E-state index contributed by atoms with van der Waals surface area (Å²) in [6.45, 7) is 8.75. The maximum Gasteiger partial charge on any atom is 0.242 e. The van der Waals surface area contributed by atoms with Crippen LogP contribution in [0.5, 0.6) is 11.5 Å². The molecule has 5 heteroatoms. The van der Waals surface area contributed by atoms with E-state index in [-0.39, 0.29) is 24.1 Å². The van der Waals surface area contributed by atoms with Gasteiger partial charge in [0.1, 0.15) is 6.04 Å². The van der Waals surface area contributed by atoms with Crippen LogP contribution in [0.25, 0.3) is 0 Å². The van der Waals surface area contributed by atoms with Crippen molar-refractivity contribution in [3.63, 3.8) is 0 Å². The molecule has 0 radical (unpaired) electrons. The Morgan fingerprint density at radius 1 is 1.04 bits per heavy atom. The largest absolute Gasteiger partial charge is 0.493 e. The maximum absolute atomic E-state index is 13.1. The van der Waals surface area contributed by atoms with Crippen LogP contribution in [0.4, 0.5) is 0 Å². The highest BCUT2D eigenvalue weighted by Crippen LogP contribution is 2.31. The molecule has 28 heavy (non-hydrogen) atoms. The molecule has 5 nitrogen and oxygen atoms in total. The summed E-state index contributed by atoms with van der Waals surface area (Å²) in [4.78, 5) is 15.1. The third-order valence-corrected chi connectivity index (χ3v) is 4.71. The number of carbonyl (C=O) groups excluding carboxylic acids is 1. The molecule has 0 fully saturated rings. The molecule has 2 unspecified atom stereocenters. The molecule has 0 bridgehead atoms. The minimum atomic E-state index is -0.334. The zero-order valence-corrected chi connectivity index (χ0v) is 17.7. The number of rotatable bonds is 9. The van der Waals surface area contributed by atoms with Gasteiger partial charge in [-0.3, -0.25) is 9.69 Å². The van der Waals surface area contributed by atoms with Crippen molar-refractivity contribution in [1.82, 2.24) is 10.2 Å². The molecule has 0 heterocycles. The van der Waals surface area contributed by atoms with E-state index in [1.54, 1.807) is 7.11 Å². The lowest BCUT2D eigenvalue weighted by molar-refractivity contribution is -0.126. The van der Waals surface area contributed by atoms with E-state index in [1.807, 2.05) is 88.2 Å². The number of nitrogens with one attached hydrogen (secondary N) is 1. The second-order valence-corrected chi connectivity index (χ2v) is 7.19. The second kappa shape index (κ2) is 10.1. The summed E-state index contributed by atoms with van der Waals surface area (Å²) >= 11 is 0. The van der Waals surface area contributed by atoms with Gasteiger partial charge in [-0.15, -0.1) is 0 Å². The van der Waals surface area contributed by atoms with Crippen molar-refractivity contribution in [1.29, 1.82) is 0 Å². The predicted molar refractivity (Wildman–Crippen MR) is 113 cm³/mol. The van der Waals surface area contributed by atoms with Crippen LogP contribution in [0.2, 0.25) is 0 Å². The summed E-state index contributed by atoms with van der Waals surface area (Å²) in [5, 5.41) is 3.14. The summed E-state index contributed by atoms with van der Waals surface area (Å²) in [5.41, 5.74) is 1.95. The normalized spacial score (nSPS) is 13.3. The first-order chi connectivity index (χ1) is 13.4. The van der Waals surface area contributed by atoms with Crippen LogP contribution >= 0.6 is 0 Å². The number of hydrogen-bond donors (Lipinski definition) is 1. The fourth-order valence-electron chi connectivity index (χ4n) is 3.10. The highest BCUT2D eigenvalue weighted by atomic mass is 16.5. The van der Waals surface area contributed by atoms with Crippen LogP contribution in [-0.2, 0) is 4.79 Å². The molecule has 0 aromatic heterocycles. The number of ether oxygens (including phenoxy) is 2. The first kappa shape index (κ1) is 21.8. The molecule has 152 valence electrons. The zero-order valence-electron chi connectivity index (χ0n) is 17.7. The van der Waals surface area contributed by atoms with Gasteiger partial charge in [-0.1, -0.05) is 43.3 Å². The molecule has 0 spiro atoms. The van der Waals surface area contributed by atoms with Gasteiger partial charge >= 0.3 is 0 Å². The summed E-state index contributed by atoms with van der Waals surface area (Å²) in [6, 6.07) is 15.1. The van der Waals surface area contributed by atoms with Crippen LogP contribution in [0, 0.1) is 0 Å². The minimum Gasteiger partial charge on any atom is -0.493 e. The van der Waals surface area contributed by atoms with Crippen LogP contribution in [0.3, 0.4) is 0 Å². The topological polar surface area (TPSA) is 50.8 Å². The Morgan fingerprint density at radius 2 is 1.71 bits per heavy atom. The summed E-state index contributed by atoms with van der Waals surface area (Å²) < 4.78 is 11.2. The van der Waals surface area contributed by atoms with Gasteiger partial charge in [-0.2, -0.15) is 0 Å². The van der Waals surface area contributed by atoms with Crippen LogP contribution in [-0.4, -0.2) is 37.6 Å². The van der Waals surface area contributed by atoms with Crippen molar-refractivity contribution in [3.8, 4) is 11.5 Å². The molecule has 1 N–H and O–H groups in total. The van der Waals surface area contributed by atoms with Crippen molar-refractivity contribution in [2.24, 2.45) is 0 Å². The van der Waals surface area contributed by atoms with Gasteiger partial charge in [0.15, 0.2) is 11.5 Å². The molecule has 0 saturated heterocycles. The van der Waals surface area contributed by atoms with Gasteiger partial charge in [0.25, 0.3) is 0 Å². The molecule has 2 atom stereocenters. The summed E-state index contributed by atoms with van der Waals surface area (Å²) in [7, 11) is 3.58. The van der Waals surface area contributed by atoms with Crippen LogP contribution in [0.1, 0.15) is 50.9 Å². The molecule has 0 aliphatic heterocycles. The Balaban J connectivity index is 2.20. The zero-order chi connectivity index (χ0) is 20.7. The lowest BCUT2D eigenvalue weighted by Crippen LogP contribution is -2.39. The number of benzene rings is 2. The number of amides is 1. The number of nitrogens with zero attached hydrogens (tertiary/aromatic N) is 1. The molecule has 2 aromatic rings. The Morgan fingerprint density at radius 3 is 2.29 bits per heavy atom. The maximum atomic E-state index is 13.1. The van der Waals surface area contributed by atoms with E-state index in [4.69, 9.17) is 9.47 Å². The van der Waals surface area contributed by atoms with E-state index in [9.17, 15) is 4.79 Å². The van der Waals surface area contributed by atoms with Crippen molar-refractivity contribution >= 4 is 5.91 Å². The third kappa shape index (κ3) is 5.49.